The number of anilines is 1. The molecule has 3 fully saturated rings. The van der Waals surface area contributed by atoms with Gasteiger partial charge < -0.3 is 15.1 Å². The first kappa shape index (κ1) is 22.4. The summed E-state index contributed by atoms with van der Waals surface area (Å²) in [6.45, 7) is 7.45. The van der Waals surface area contributed by atoms with E-state index < -0.39 is 11.9 Å². The molecule has 0 spiro atoms. The summed E-state index contributed by atoms with van der Waals surface area (Å²) >= 11 is 0. The summed E-state index contributed by atoms with van der Waals surface area (Å²) in [4.78, 5) is 23.1. The van der Waals surface area contributed by atoms with Crippen LogP contribution in [0.3, 0.4) is 0 Å². The van der Waals surface area contributed by atoms with Crippen LogP contribution in [0.5, 0.6) is 0 Å². The molecule has 0 bridgehead atoms. The van der Waals surface area contributed by atoms with E-state index in [1.807, 2.05) is 21.9 Å². The number of hydrogen-bond donors (Lipinski definition) is 1. The number of piperazine rings is 1. The van der Waals surface area contributed by atoms with Crippen LogP contribution < -0.4 is 10.2 Å². The van der Waals surface area contributed by atoms with Crippen molar-refractivity contribution in [3.8, 4) is 0 Å². The van der Waals surface area contributed by atoms with Gasteiger partial charge in [0, 0.05) is 62.9 Å². The lowest BCUT2D eigenvalue weighted by atomic mass is 10.1. The fraction of sp³-hybridized carbons (Fsp3) is 0.583. The highest BCUT2D eigenvalue weighted by atomic mass is 19.4. The van der Waals surface area contributed by atoms with Gasteiger partial charge in [-0.25, -0.2) is 4.98 Å². The number of likely N-dealkylation sites (tertiary alicyclic amines) is 1. The van der Waals surface area contributed by atoms with Gasteiger partial charge in [0.1, 0.15) is 5.69 Å². The predicted molar refractivity (Wildman–Crippen MR) is 121 cm³/mol. The Morgan fingerprint density at radius 3 is 2.58 bits per heavy atom. The van der Waals surface area contributed by atoms with Crippen molar-refractivity contribution >= 4 is 22.5 Å². The Bertz CT molecular complexity index is 1020. The normalized spacial score (nSPS) is 27.0. The maximum atomic E-state index is 13.4. The molecular weight excluding hydrogens is 431 g/mol. The first-order chi connectivity index (χ1) is 15.8. The summed E-state index contributed by atoms with van der Waals surface area (Å²) < 4.78 is 40.3. The second-order valence-electron chi connectivity index (χ2n) is 9.59. The van der Waals surface area contributed by atoms with Crippen LogP contribution in [0, 0.1) is 5.92 Å². The molecule has 0 saturated carbocycles. The Hall–Kier alpha value is -2.39. The fourth-order valence-electron chi connectivity index (χ4n) is 5.43. The number of nitrogens with zero attached hydrogens (tertiary/aromatic N) is 4. The van der Waals surface area contributed by atoms with E-state index in [2.05, 4.69) is 22.1 Å². The third kappa shape index (κ3) is 4.53. The van der Waals surface area contributed by atoms with Crippen LogP contribution in [-0.4, -0.2) is 78.6 Å². The van der Waals surface area contributed by atoms with E-state index in [0.717, 1.165) is 51.0 Å². The summed E-state index contributed by atoms with van der Waals surface area (Å²) in [5.74, 6) is 0.782. The van der Waals surface area contributed by atoms with Gasteiger partial charge in [-0.05, 0) is 30.9 Å². The molecule has 2 aromatic rings. The first-order valence-electron chi connectivity index (χ1n) is 11.8. The molecule has 5 rings (SSSR count). The lowest BCUT2D eigenvalue weighted by molar-refractivity contribution is -0.141. The van der Waals surface area contributed by atoms with E-state index in [1.54, 1.807) is 12.1 Å². The number of benzene rings is 1. The number of halogens is 3. The summed E-state index contributed by atoms with van der Waals surface area (Å²) in [7, 11) is 0. The van der Waals surface area contributed by atoms with Gasteiger partial charge in [0.2, 0.25) is 5.91 Å². The Morgan fingerprint density at radius 1 is 1.12 bits per heavy atom. The Morgan fingerprint density at radius 2 is 1.88 bits per heavy atom. The number of para-hydroxylation sites is 1. The highest BCUT2D eigenvalue weighted by Crippen LogP contribution is 2.35. The van der Waals surface area contributed by atoms with Gasteiger partial charge in [-0.15, -0.1) is 0 Å². The molecule has 3 aliphatic heterocycles. The van der Waals surface area contributed by atoms with Crippen LogP contribution >= 0.6 is 0 Å². The van der Waals surface area contributed by atoms with Crippen molar-refractivity contribution in [3.63, 3.8) is 0 Å². The largest absolute Gasteiger partial charge is 0.433 e. The molecule has 0 radical (unpaired) electrons. The van der Waals surface area contributed by atoms with Crippen molar-refractivity contribution in [2.24, 2.45) is 5.92 Å². The van der Waals surface area contributed by atoms with Crippen molar-refractivity contribution < 1.29 is 18.0 Å². The maximum absolute atomic E-state index is 13.4. The van der Waals surface area contributed by atoms with E-state index in [4.69, 9.17) is 0 Å². The summed E-state index contributed by atoms with van der Waals surface area (Å²) in [5.41, 5.74) is 0.104. The average molecular weight is 462 g/mol. The molecule has 3 saturated heterocycles. The molecule has 1 N–H and O–H groups in total. The molecule has 33 heavy (non-hydrogen) atoms. The van der Waals surface area contributed by atoms with Gasteiger partial charge in [-0.1, -0.05) is 25.1 Å². The van der Waals surface area contributed by atoms with Crippen LogP contribution in [0.15, 0.2) is 30.3 Å². The molecular formula is C24H30F3N5O. The fourth-order valence-corrected chi connectivity index (χ4v) is 5.43. The lowest BCUT2D eigenvalue weighted by Gasteiger charge is -2.39. The SMILES string of the molecule is CC1CCN(C(=O)[C@@H]2C[C@H](N3CCN(c4cc(C(F)(F)F)nc5ccccc45)CC3)CN2)C1. The number of hydrogen-bond acceptors (Lipinski definition) is 5. The number of carbonyl (C=O) groups excluding carboxylic acids is 1. The number of nitrogens with one attached hydrogen (secondary N) is 1. The number of carbonyl (C=O) groups is 1. The van der Waals surface area contributed by atoms with Crippen LogP contribution in [0.1, 0.15) is 25.5 Å². The van der Waals surface area contributed by atoms with Crippen LogP contribution in [0.4, 0.5) is 18.9 Å². The molecule has 0 aliphatic carbocycles. The number of alkyl halides is 3. The average Bonchev–Trinajstić information content (AvgIpc) is 3.47. The molecule has 3 aliphatic rings. The molecule has 178 valence electrons. The quantitative estimate of drug-likeness (QED) is 0.762. The van der Waals surface area contributed by atoms with Crippen molar-refractivity contribution in [1.29, 1.82) is 0 Å². The number of rotatable bonds is 3. The number of fused-ring (bicyclic) bond motifs is 1. The highest BCUT2D eigenvalue weighted by Gasteiger charge is 2.38. The smallest absolute Gasteiger partial charge is 0.368 e. The van der Waals surface area contributed by atoms with E-state index >= 15 is 0 Å². The van der Waals surface area contributed by atoms with Crippen LogP contribution in [0.2, 0.25) is 0 Å². The van der Waals surface area contributed by atoms with Crippen molar-refractivity contribution in [1.82, 2.24) is 20.1 Å². The Labute approximate surface area is 191 Å². The molecule has 3 atom stereocenters. The minimum Gasteiger partial charge on any atom is -0.368 e. The Kier molecular flexibility index (Phi) is 5.95. The molecule has 1 unspecified atom stereocenters. The minimum absolute atomic E-state index is 0.128. The number of amides is 1. The minimum atomic E-state index is -4.48. The third-order valence-electron chi connectivity index (χ3n) is 7.30. The van der Waals surface area contributed by atoms with Crippen molar-refractivity contribution in [2.45, 2.75) is 38.0 Å². The zero-order valence-corrected chi connectivity index (χ0v) is 18.8. The second kappa shape index (κ2) is 8.76. The highest BCUT2D eigenvalue weighted by molar-refractivity contribution is 5.92. The van der Waals surface area contributed by atoms with Gasteiger partial charge in [0.05, 0.1) is 11.6 Å². The molecule has 1 aromatic carbocycles. The van der Waals surface area contributed by atoms with Gasteiger partial charge >= 0.3 is 6.18 Å². The lowest BCUT2D eigenvalue weighted by Crippen LogP contribution is -2.51. The summed E-state index contributed by atoms with van der Waals surface area (Å²) in [6.07, 6.45) is -2.62. The first-order valence-corrected chi connectivity index (χ1v) is 11.8. The maximum Gasteiger partial charge on any atom is 0.433 e. The third-order valence-corrected chi connectivity index (χ3v) is 7.30. The second-order valence-corrected chi connectivity index (χ2v) is 9.59. The van der Waals surface area contributed by atoms with E-state index in [1.165, 1.54) is 6.07 Å². The van der Waals surface area contributed by atoms with Crippen molar-refractivity contribution in [2.75, 3.05) is 50.7 Å². The molecule has 4 heterocycles. The molecule has 1 aromatic heterocycles. The number of aromatic nitrogens is 1. The molecule has 6 nitrogen and oxygen atoms in total. The number of pyridine rings is 1. The van der Waals surface area contributed by atoms with Gasteiger partial charge in [0.25, 0.3) is 0 Å². The predicted octanol–water partition coefficient (Wildman–Crippen LogP) is 2.97. The van der Waals surface area contributed by atoms with E-state index in [-0.39, 0.29) is 18.0 Å². The van der Waals surface area contributed by atoms with E-state index in [0.29, 0.717) is 30.2 Å². The monoisotopic (exact) mass is 461 g/mol. The Balaban J connectivity index is 1.25. The van der Waals surface area contributed by atoms with Crippen LogP contribution in [-0.2, 0) is 11.0 Å². The molecule has 1 amide bonds. The topological polar surface area (TPSA) is 51.7 Å². The summed E-state index contributed by atoms with van der Waals surface area (Å²) in [5, 5.41) is 4.15. The molecule has 9 heteroatoms. The zero-order chi connectivity index (χ0) is 23.2. The van der Waals surface area contributed by atoms with Gasteiger partial charge in [-0.2, -0.15) is 13.2 Å². The zero-order valence-electron chi connectivity index (χ0n) is 18.8. The van der Waals surface area contributed by atoms with Gasteiger partial charge in [-0.3, -0.25) is 9.69 Å². The van der Waals surface area contributed by atoms with E-state index in [9.17, 15) is 18.0 Å². The van der Waals surface area contributed by atoms with Crippen molar-refractivity contribution in [3.05, 3.63) is 36.0 Å². The van der Waals surface area contributed by atoms with Crippen LogP contribution in [0.25, 0.3) is 10.9 Å². The summed E-state index contributed by atoms with van der Waals surface area (Å²) in [6, 6.07) is 8.34. The standard InChI is InChI=1S/C24H30F3N5O/c1-16-6-7-32(15-16)23(33)20-12-17(14-28-20)30-8-10-31(11-9-30)21-13-22(24(25,26)27)29-19-5-3-2-4-18(19)21/h2-5,13,16-17,20,28H,6-12,14-15H2,1H3/t16?,17-,20-/m0/s1. The van der Waals surface area contributed by atoms with Gasteiger partial charge in [0.15, 0.2) is 0 Å².